The number of anilines is 2. The summed E-state index contributed by atoms with van der Waals surface area (Å²) in [6, 6.07) is 5.68. The van der Waals surface area contributed by atoms with Crippen molar-refractivity contribution in [1.29, 1.82) is 0 Å². The van der Waals surface area contributed by atoms with E-state index in [4.69, 9.17) is 14.3 Å². The van der Waals surface area contributed by atoms with E-state index in [0.29, 0.717) is 37.6 Å². The van der Waals surface area contributed by atoms with Crippen LogP contribution in [0, 0.1) is 13.8 Å². The number of nitrogens with one attached hydrogen (secondary N) is 1. The third kappa shape index (κ3) is 6.28. The topological polar surface area (TPSA) is 98.7 Å². The molecule has 1 aliphatic heterocycles. The first kappa shape index (κ1) is 20.8. The highest BCUT2D eigenvalue weighted by molar-refractivity contribution is 5.60. The van der Waals surface area contributed by atoms with Crippen LogP contribution < -0.4 is 10.1 Å². The van der Waals surface area contributed by atoms with Crippen LogP contribution in [-0.2, 0) is 9.57 Å². The predicted octanol–water partition coefficient (Wildman–Crippen LogP) is 3.55. The third-order valence-electron chi connectivity index (χ3n) is 4.35. The molecule has 29 heavy (non-hydrogen) atoms. The Kier molecular flexibility index (Phi) is 6.82. The molecule has 1 N–H and O–H groups in total. The molecule has 156 valence electrons. The van der Waals surface area contributed by atoms with E-state index in [2.05, 4.69) is 20.3 Å². The van der Waals surface area contributed by atoms with Crippen molar-refractivity contribution < 1.29 is 19.1 Å². The number of hydroxylamine groups is 2. The molecule has 9 nitrogen and oxygen atoms in total. The second-order valence-corrected chi connectivity index (χ2v) is 7.21. The molecule has 0 bridgehead atoms. The van der Waals surface area contributed by atoms with Gasteiger partial charge >= 0.3 is 6.16 Å². The average Bonchev–Trinajstić information content (AvgIpc) is 2.65. The number of aromatic nitrogens is 3. The summed E-state index contributed by atoms with van der Waals surface area (Å²) in [5, 5.41) is 4.85. The van der Waals surface area contributed by atoms with Crippen molar-refractivity contribution in [3.05, 3.63) is 35.9 Å². The molecule has 0 spiro atoms. The molecule has 9 heteroatoms. The van der Waals surface area contributed by atoms with Crippen LogP contribution in [0.15, 0.2) is 24.5 Å². The fourth-order valence-corrected chi connectivity index (χ4v) is 2.96. The van der Waals surface area contributed by atoms with Gasteiger partial charge in [0.25, 0.3) is 0 Å². The second kappa shape index (κ2) is 9.51. The van der Waals surface area contributed by atoms with Crippen molar-refractivity contribution in [2.24, 2.45) is 0 Å². The van der Waals surface area contributed by atoms with Crippen molar-refractivity contribution in [3.8, 4) is 5.88 Å². The summed E-state index contributed by atoms with van der Waals surface area (Å²) in [6.07, 6.45) is 2.00. The Morgan fingerprint density at radius 3 is 2.66 bits per heavy atom. The van der Waals surface area contributed by atoms with Gasteiger partial charge in [0, 0.05) is 37.7 Å². The molecule has 0 unspecified atom stereocenters. The molecule has 1 aliphatic rings. The zero-order valence-corrected chi connectivity index (χ0v) is 17.2. The molecule has 0 aliphatic carbocycles. The Bertz CT molecular complexity index is 837. The first-order valence-corrected chi connectivity index (χ1v) is 9.72. The molecule has 3 heterocycles. The maximum Gasteiger partial charge on any atom is 0.528 e. The number of aryl methyl sites for hydroxylation is 2. The molecular weight excluding hydrogens is 374 g/mol. The monoisotopic (exact) mass is 401 g/mol. The van der Waals surface area contributed by atoms with E-state index in [1.165, 1.54) is 6.33 Å². The van der Waals surface area contributed by atoms with Crippen molar-refractivity contribution in [2.45, 2.75) is 52.7 Å². The van der Waals surface area contributed by atoms with E-state index in [1.807, 2.05) is 26.0 Å². The molecule has 0 saturated carbocycles. The van der Waals surface area contributed by atoms with E-state index in [0.717, 1.165) is 17.1 Å². The van der Waals surface area contributed by atoms with Crippen LogP contribution in [0.3, 0.4) is 0 Å². The van der Waals surface area contributed by atoms with Gasteiger partial charge in [-0.3, -0.25) is 4.98 Å². The first-order valence-electron chi connectivity index (χ1n) is 9.72. The van der Waals surface area contributed by atoms with Gasteiger partial charge in [0.2, 0.25) is 5.88 Å². The second-order valence-electron chi connectivity index (χ2n) is 7.21. The van der Waals surface area contributed by atoms with Crippen LogP contribution in [0.25, 0.3) is 0 Å². The van der Waals surface area contributed by atoms with E-state index >= 15 is 0 Å². The van der Waals surface area contributed by atoms with Gasteiger partial charge in [-0.1, -0.05) is 0 Å². The number of carbonyl (C=O) groups excluding carboxylic acids is 1. The van der Waals surface area contributed by atoms with E-state index in [9.17, 15) is 4.79 Å². The average molecular weight is 401 g/mol. The van der Waals surface area contributed by atoms with Crippen LogP contribution in [0.1, 0.15) is 38.1 Å². The van der Waals surface area contributed by atoms with Gasteiger partial charge in [-0.05, 0) is 39.8 Å². The van der Waals surface area contributed by atoms with Crippen LogP contribution in [0.2, 0.25) is 0 Å². The maximum atomic E-state index is 11.6. The minimum absolute atomic E-state index is 0.0125. The van der Waals surface area contributed by atoms with Gasteiger partial charge in [-0.25, -0.2) is 14.8 Å². The molecule has 3 rings (SSSR count). The van der Waals surface area contributed by atoms with E-state index in [1.54, 1.807) is 25.0 Å². The lowest BCUT2D eigenvalue weighted by Gasteiger charge is -2.30. The largest absolute Gasteiger partial charge is 0.528 e. The van der Waals surface area contributed by atoms with Crippen molar-refractivity contribution >= 4 is 17.7 Å². The quantitative estimate of drug-likeness (QED) is 0.728. The molecule has 0 atom stereocenters. The minimum atomic E-state index is -0.674. The number of rotatable bonds is 6. The zero-order chi connectivity index (χ0) is 20.8. The summed E-state index contributed by atoms with van der Waals surface area (Å²) in [4.78, 5) is 29.7. The van der Waals surface area contributed by atoms with Crippen molar-refractivity contribution in [1.82, 2.24) is 20.0 Å². The lowest BCUT2D eigenvalue weighted by atomic mass is 10.1. The van der Waals surface area contributed by atoms with Gasteiger partial charge in [0.05, 0.1) is 17.5 Å². The number of nitrogens with zero attached hydrogens (tertiary/aromatic N) is 4. The van der Waals surface area contributed by atoms with Gasteiger partial charge in [0.15, 0.2) is 0 Å². The fourth-order valence-electron chi connectivity index (χ4n) is 2.96. The number of piperidine rings is 1. The molecule has 0 aromatic carbocycles. The summed E-state index contributed by atoms with van der Waals surface area (Å²) >= 11 is 0. The van der Waals surface area contributed by atoms with Gasteiger partial charge in [-0.2, -0.15) is 0 Å². The van der Waals surface area contributed by atoms with Crippen LogP contribution in [-0.4, -0.2) is 51.5 Å². The summed E-state index contributed by atoms with van der Waals surface area (Å²) < 4.78 is 11.0. The van der Waals surface area contributed by atoms with Gasteiger partial charge < -0.3 is 19.6 Å². The highest BCUT2D eigenvalue weighted by Gasteiger charge is 2.24. The highest BCUT2D eigenvalue weighted by atomic mass is 16.8. The predicted molar refractivity (Wildman–Crippen MR) is 107 cm³/mol. The Morgan fingerprint density at radius 1 is 1.21 bits per heavy atom. The van der Waals surface area contributed by atoms with Crippen LogP contribution >= 0.6 is 0 Å². The molecule has 0 amide bonds. The smallest absolute Gasteiger partial charge is 0.474 e. The van der Waals surface area contributed by atoms with Gasteiger partial charge in [-0.15, -0.1) is 5.06 Å². The number of hydrogen-bond acceptors (Lipinski definition) is 9. The molecular formula is C20H27N5O4. The molecule has 2 aromatic heterocycles. The SMILES string of the molecule is Cc1ccc(Nc2cc(OC3CCN(OC(=O)OC(C)C)CC3)ncn2)c(C)n1. The standard InChI is InChI=1S/C20H27N5O4/c1-13(2)27-20(26)29-25-9-7-16(8-10-25)28-19-11-18(21-12-22-19)24-17-6-5-14(3)23-15(17)4/h5-6,11-13,16H,7-10H2,1-4H3,(H,21,22,24). The fraction of sp³-hybridized carbons (Fsp3) is 0.500. The lowest BCUT2D eigenvalue weighted by Crippen LogP contribution is -2.40. The Morgan fingerprint density at radius 2 is 1.97 bits per heavy atom. The van der Waals surface area contributed by atoms with Crippen molar-refractivity contribution in [3.63, 3.8) is 0 Å². The number of hydrogen-bond donors (Lipinski definition) is 1. The Balaban J connectivity index is 1.51. The first-order chi connectivity index (χ1) is 13.9. The lowest BCUT2D eigenvalue weighted by molar-refractivity contribution is -0.151. The number of carbonyl (C=O) groups is 1. The summed E-state index contributed by atoms with van der Waals surface area (Å²) in [5.74, 6) is 1.14. The minimum Gasteiger partial charge on any atom is -0.474 e. The Labute approximate surface area is 170 Å². The summed E-state index contributed by atoms with van der Waals surface area (Å²) in [5.41, 5.74) is 2.75. The molecule has 1 fully saturated rings. The zero-order valence-electron chi connectivity index (χ0n) is 17.2. The normalized spacial score (nSPS) is 15.2. The van der Waals surface area contributed by atoms with E-state index in [-0.39, 0.29) is 12.2 Å². The Hall–Kier alpha value is -2.94. The van der Waals surface area contributed by atoms with Crippen LogP contribution in [0.4, 0.5) is 16.3 Å². The summed E-state index contributed by atoms with van der Waals surface area (Å²) in [6.45, 7) is 8.61. The summed E-state index contributed by atoms with van der Waals surface area (Å²) in [7, 11) is 0. The van der Waals surface area contributed by atoms with Gasteiger partial charge in [0.1, 0.15) is 18.2 Å². The van der Waals surface area contributed by atoms with Crippen molar-refractivity contribution in [2.75, 3.05) is 18.4 Å². The van der Waals surface area contributed by atoms with E-state index < -0.39 is 6.16 Å². The molecule has 1 saturated heterocycles. The highest BCUT2D eigenvalue weighted by Crippen LogP contribution is 2.22. The number of pyridine rings is 1. The van der Waals surface area contributed by atoms with Crippen LogP contribution in [0.5, 0.6) is 5.88 Å². The maximum absolute atomic E-state index is 11.6. The molecule has 0 radical (unpaired) electrons. The number of ether oxygens (including phenoxy) is 2. The molecule has 2 aromatic rings. The third-order valence-corrected chi connectivity index (χ3v) is 4.35.